The van der Waals surface area contributed by atoms with Crippen LogP contribution in [0.3, 0.4) is 0 Å². The molecule has 6 heteroatoms. The summed E-state index contributed by atoms with van der Waals surface area (Å²) in [5.41, 5.74) is 1.89. The Bertz CT molecular complexity index is 903. The average molecular weight is 350 g/mol. The summed E-state index contributed by atoms with van der Waals surface area (Å²) in [7, 11) is 0. The first-order valence-corrected chi connectivity index (χ1v) is 9.58. The second-order valence-electron chi connectivity index (χ2n) is 6.73. The van der Waals surface area contributed by atoms with E-state index < -0.39 is 0 Å². The number of amides is 1. The quantitative estimate of drug-likeness (QED) is 0.713. The molecule has 5 rings (SSSR count). The highest BCUT2D eigenvalue weighted by Gasteiger charge is 2.41. The van der Waals surface area contributed by atoms with Crippen molar-refractivity contribution in [2.45, 2.75) is 37.9 Å². The summed E-state index contributed by atoms with van der Waals surface area (Å²) in [6.07, 6.45) is 2.88. The molecule has 2 aromatic heterocycles. The average Bonchev–Trinajstić information content (AvgIpc) is 3.35. The molecule has 0 radical (unpaired) electrons. The van der Waals surface area contributed by atoms with Crippen molar-refractivity contribution >= 4 is 17.2 Å². The molecule has 3 aromatic rings. The molecule has 2 unspecified atom stereocenters. The predicted octanol–water partition coefficient (Wildman–Crippen LogP) is 3.24. The van der Waals surface area contributed by atoms with Crippen molar-refractivity contribution in [1.82, 2.24) is 19.7 Å². The normalized spacial score (nSPS) is 21.8. The maximum Gasteiger partial charge on any atom is 0.255 e. The third-order valence-electron chi connectivity index (χ3n) is 5.29. The molecule has 1 saturated heterocycles. The monoisotopic (exact) mass is 350 g/mol. The van der Waals surface area contributed by atoms with Gasteiger partial charge in [-0.2, -0.15) is 11.3 Å². The van der Waals surface area contributed by atoms with Crippen LogP contribution in [0.4, 0.5) is 0 Å². The molecule has 0 aliphatic carbocycles. The first-order chi connectivity index (χ1) is 12.3. The van der Waals surface area contributed by atoms with Crippen LogP contribution in [-0.4, -0.2) is 37.7 Å². The number of nitrogens with zero attached hydrogens (tertiary/aromatic N) is 4. The minimum absolute atomic E-state index is 0.161. The van der Waals surface area contributed by atoms with Crippen molar-refractivity contribution in [2.75, 3.05) is 0 Å². The van der Waals surface area contributed by atoms with Crippen molar-refractivity contribution in [3.05, 3.63) is 58.5 Å². The van der Waals surface area contributed by atoms with Gasteiger partial charge in [0, 0.05) is 30.0 Å². The first kappa shape index (κ1) is 14.8. The molecule has 1 aromatic carbocycles. The molecule has 0 N–H and O–H groups in total. The van der Waals surface area contributed by atoms with Crippen LogP contribution in [0, 0.1) is 0 Å². The molecule has 2 aliphatic rings. The van der Waals surface area contributed by atoms with Gasteiger partial charge in [0.15, 0.2) is 5.82 Å². The molecule has 0 spiro atoms. The summed E-state index contributed by atoms with van der Waals surface area (Å²) in [5, 5.41) is 12.8. The molecule has 4 heterocycles. The molecule has 2 atom stereocenters. The molecule has 0 saturated carbocycles. The number of aromatic nitrogens is 3. The van der Waals surface area contributed by atoms with E-state index in [0.29, 0.717) is 0 Å². The highest BCUT2D eigenvalue weighted by atomic mass is 32.1. The molecule has 1 amide bonds. The number of carbonyl (C=O) groups is 1. The Morgan fingerprint density at radius 3 is 2.72 bits per heavy atom. The number of fused-ring (bicyclic) bond motifs is 3. The SMILES string of the molecule is O=C(c1ccsc1)N1C2CCC1Cn1c(nnc1-c1ccccc1)C2. The lowest BCUT2D eigenvalue weighted by Crippen LogP contribution is -2.41. The maximum absolute atomic E-state index is 13.0. The van der Waals surface area contributed by atoms with Gasteiger partial charge >= 0.3 is 0 Å². The zero-order valence-electron chi connectivity index (χ0n) is 13.7. The van der Waals surface area contributed by atoms with E-state index in [4.69, 9.17) is 0 Å². The molecular formula is C19H18N4OS. The summed E-state index contributed by atoms with van der Waals surface area (Å²) in [6.45, 7) is 0.777. The maximum atomic E-state index is 13.0. The van der Waals surface area contributed by atoms with Crippen LogP contribution in [0.15, 0.2) is 47.2 Å². The van der Waals surface area contributed by atoms with Crippen LogP contribution in [0.2, 0.25) is 0 Å². The smallest absolute Gasteiger partial charge is 0.255 e. The van der Waals surface area contributed by atoms with E-state index in [1.807, 2.05) is 35.0 Å². The van der Waals surface area contributed by atoms with Gasteiger partial charge in [-0.1, -0.05) is 30.3 Å². The van der Waals surface area contributed by atoms with Crippen LogP contribution in [0.1, 0.15) is 29.0 Å². The van der Waals surface area contributed by atoms with Crippen LogP contribution >= 0.6 is 11.3 Å². The van der Waals surface area contributed by atoms with Crippen LogP contribution in [0.5, 0.6) is 0 Å². The Balaban J connectivity index is 1.51. The van der Waals surface area contributed by atoms with Gasteiger partial charge in [0.2, 0.25) is 0 Å². The predicted molar refractivity (Wildman–Crippen MR) is 96.5 cm³/mol. The molecule has 2 bridgehead atoms. The van der Waals surface area contributed by atoms with E-state index in [2.05, 4.69) is 31.8 Å². The van der Waals surface area contributed by atoms with Crippen molar-refractivity contribution in [2.24, 2.45) is 0 Å². The third kappa shape index (κ3) is 2.40. The number of thiophene rings is 1. The standard InChI is InChI=1S/C19H18N4OS/c24-19(14-8-9-25-12-14)23-15-6-7-16(23)11-22-17(10-15)20-21-18(22)13-4-2-1-3-5-13/h1-5,8-9,12,15-16H,6-7,10-11H2. The summed E-state index contributed by atoms with van der Waals surface area (Å²) in [4.78, 5) is 15.1. The third-order valence-corrected chi connectivity index (χ3v) is 5.98. The summed E-state index contributed by atoms with van der Waals surface area (Å²) < 4.78 is 2.22. The number of carbonyl (C=O) groups excluding carboxylic acids is 1. The number of hydrogen-bond acceptors (Lipinski definition) is 4. The van der Waals surface area contributed by atoms with Gasteiger partial charge in [0.1, 0.15) is 5.82 Å². The number of rotatable bonds is 2. The summed E-state index contributed by atoms with van der Waals surface area (Å²) in [6, 6.07) is 12.5. The fourth-order valence-electron chi connectivity index (χ4n) is 4.11. The lowest BCUT2D eigenvalue weighted by molar-refractivity contribution is 0.0666. The summed E-state index contributed by atoms with van der Waals surface area (Å²) in [5.74, 6) is 2.06. The highest BCUT2D eigenvalue weighted by molar-refractivity contribution is 7.08. The zero-order valence-corrected chi connectivity index (χ0v) is 14.5. The minimum Gasteiger partial charge on any atom is -0.330 e. The highest BCUT2D eigenvalue weighted by Crippen LogP contribution is 2.34. The first-order valence-electron chi connectivity index (χ1n) is 8.63. The molecule has 5 nitrogen and oxygen atoms in total. The van der Waals surface area contributed by atoms with Crippen LogP contribution < -0.4 is 0 Å². The Morgan fingerprint density at radius 2 is 1.92 bits per heavy atom. The van der Waals surface area contributed by atoms with Crippen LogP contribution in [-0.2, 0) is 13.0 Å². The van der Waals surface area contributed by atoms with Crippen molar-refractivity contribution in [3.63, 3.8) is 0 Å². The van der Waals surface area contributed by atoms with Gasteiger partial charge in [-0.3, -0.25) is 4.79 Å². The fourth-order valence-corrected chi connectivity index (χ4v) is 4.74. The van der Waals surface area contributed by atoms with Gasteiger partial charge in [-0.25, -0.2) is 0 Å². The van der Waals surface area contributed by atoms with Crippen LogP contribution in [0.25, 0.3) is 11.4 Å². The summed E-state index contributed by atoms with van der Waals surface area (Å²) >= 11 is 1.57. The van der Waals surface area contributed by atoms with Crippen molar-refractivity contribution < 1.29 is 4.79 Å². The molecule has 2 aliphatic heterocycles. The van der Waals surface area contributed by atoms with Gasteiger partial charge < -0.3 is 9.47 Å². The van der Waals surface area contributed by atoms with Gasteiger partial charge in [-0.05, 0) is 24.3 Å². The fraction of sp³-hybridized carbons (Fsp3) is 0.316. The van der Waals surface area contributed by atoms with Gasteiger partial charge in [-0.15, -0.1) is 10.2 Å². The molecule has 1 fully saturated rings. The second kappa shape index (κ2) is 5.81. The van der Waals surface area contributed by atoms with E-state index in [0.717, 1.165) is 48.6 Å². The van der Waals surface area contributed by atoms with E-state index in [1.54, 1.807) is 11.3 Å². The van der Waals surface area contributed by atoms with Crippen molar-refractivity contribution in [3.8, 4) is 11.4 Å². The molecular weight excluding hydrogens is 332 g/mol. The van der Waals surface area contributed by atoms with E-state index in [-0.39, 0.29) is 18.0 Å². The zero-order chi connectivity index (χ0) is 16.8. The Kier molecular flexibility index (Phi) is 3.45. The minimum atomic E-state index is 0.161. The molecule has 25 heavy (non-hydrogen) atoms. The molecule has 126 valence electrons. The van der Waals surface area contributed by atoms with Gasteiger partial charge in [0.05, 0.1) is 11.6 Å². The van der Waals surface area contributed by atoms with E-state index in [9.17, 15) is 4.79 Å². The lowest BCUT2D eigenvalue weighted by Gasteiger charge is -2.27. The number of hydrogen-bond donors (Lipinski definition) is 0. The van der Waals surface area contributed by atoms with E-state index >= 15 is 0 Å². The largest absolute Gasteiger partial charge is 0.330 e. The number of benzene rings is 1. The second-order valence-corrected chi connectivity index (χ2v) is 7.51. The Morgan fingerprint density at radius 1 is 1.08 bits per heavy atom. The topological polar surface area (TPSA) is 51.0 Å². The Labute approximate surface area is 149 Å². The Hall–Kier alpha value is -2.47. The van der Waals surface area contributed by atoms with Crippen molar-refractivity contribution in [1.29, 1.82) is 0 Å². The van der Waals surface area contributed by atoms with E-state index in [1.165, 1.54) is 0 Å². The van der Waals surface area contributed by atoms with Gasteiger partial charge in [0.25, 0.3) is 5.91 Å². The lowest BCUT2D eigenvalue weighted by atomic mass is 10.1.